The lowest BCUT2D eigenvalue weighted by Gasteiger charge is -2.19. The lowest BCUT2D eigenvalue weighted by Crippen LogP contribution is -2.47. The van der Waals surface area contributed by atoms with Crippen molar-refractivity contribution in [1.82, 2.24) is 14.6 Å². The normalized spacial score (nSPS) is 12.4. The van der Waals surface area contributed by atoms with E-state index in [2.05, 4.69) is 10.0 Å². The Morgan fingerprint density at radius 3 is 2.36 bits per heavy atom. The summed E-state index contributed by atoms with van der Waals surface area (Å²) in [5.41, 5.74) is 3.35. The molecule has 0 aliphatic heterocycles. The van der Waals surface area contributed by atoms with Crippen LogP contribution in [0.25, 0.3) is 11.1 Å². The quantitative estimate of drug-likeness (QED) is 0.359. The molecule has 4 rings (SSSR count). The molecule has 188 valence electrons. The fraction of sp³-hybridized carbons (Fsp3) is 0.231. The molecule has 4 aromatic rings. The summed E-state index contributed by atoms with van der Waals surface area (Å²) in [6.45, 7) is 0.251. The van der Waals surface area contributed by atoms with E-state index < -0.39 is 27.7 Å². The first-order valence-corrected chi connectivity index (χ1v) is 12.8. The molecule has 2 N–H and O–H groups in total. The van der Waals surface area contributed by atoms with Crippen LogP contribution in [0.3, 0.4) is 0 Å². The fourth-order valence-corrected chi connectivity index (χ4v) is 5.01. The van der Waals surface area contributed by atoms with E-state index in [1.807, 2.05) is 73.6 Å². The smallest absolute Gasteiger partial charge is 0.408 e. The van der Waals surface area contributed by atoms with Crippen LogP contribution in [0.15, 0.2) is 86.9 Å². The molecule has 0 bridgehead atoms. The highest BCUT2D eigenvalue weighted by atomic mass is 32.2. The highest BCUT2D eigenvalue weighted by molar-refractivity contribution is 7.89. The van der Waals surface area contributed by atoms with E-state index in [0.717, 1.165) is 16.8 Å². The molecule has 1 heterocycles. The van der Waals surface area contributed by atoms with Gasteiger partial charge in [0.05, 0.1) is 10.4 Å². The number of anilines is 1. The number of aryl methyl sites for hydroxylation is 1. The summed E-state index contributed by atoms with van der Waals surface area (Å²) in [6.07, 6.45) is 0.161. The number of carbonyl (C=O) groups is 1. The first-order valence-electron chi connectivity index (χ1n) is 11.3. The molecule has 1 atom stereocenters. The number of hydrogen-bond donors (Lipinski definition) is 2. The molecule has 0 spiro atoms. The molecular weight excluding hydrogens is 480 g/mol. The average Bonchev–Trinajstić information content (AvgIpc) is 3.15. The van der Waals surface area contributed by atoms with Crippen molar-refractivity contribution in [3.05, 3.63) is 94.5 Å². The Morgan fingerprint density at radius 1 is 1.00 bits per heavy atom. The average molecular weight is 509 g/mol. The summed E-state index contributed by atoms with van der Waals surface area (Å²) in [7, 11) is 1.32. The Morgan fingerprint density at radius 2 is 1.69 bits per heavy atom. The molecule has 36 heavy (non-hydrogen) atoms. The number of carbonyl (C=O) groups excluding carboxylic acids is 1. The van der Waals surface area contributed by atoms with Crippen LogP contribution in [-0.4, -0.2) is 39.0 Å². The molecular formula is C26H28N4O5S. The van der Waals surface area contributed by atoms with E-state index in [4.69, 9.17) is 4.42 Å². The maximum atomic E-state index is 13.2. The molecule has 0 aliphatic rings. The number of oxazole rings is 1. The molecule has 3 aromatic carbocycles. The lowest BCUT2D eigenvalue weighted by atomic mass is 10.1. The van der Waals surface area contributed by atoms with Crippen LogP contribution in [0.4, 0.5) is 5.69 Å². The highest BCUT2D eigenvalue weighted by Crippen LogP contribution is 2.19. The Labute approximate surface area is 209 Å². The Bertz CT molecular complexity index is 1520. The number of sulfonamides is 1. The summed E-state index contributed by atoms with van der Waals surface area (Å²) in [4.78, 5) is 26.8. The van der Waals surface area contributed by atoms with E-state index in [1.54, 1.807) is 0 Å². The molecule has 0 unspecified atom stereocenters. The van der Waals surface area contributed by atoms with Gasteiger partial charge in [-0.1, -0.05) is 42.5 Å². The monoisotopic (exact) mass is 508 g/mol. The predicted molar refractivity (Wildman–Crippen MR) is 138 cm³/mol. The van der Waals surface area contributed by atoms with Gasteiger partial charge in [0, 0.05) is 39.4 Å². The zero-order valence-corrected chi connectivity index (χ0v) is 21.1. The summed E-state index contributed by atoms with van der Waals surface area (Å²) in [5.74, 6) is -1.04. The SMILES string of the molecule is CN(C)c1ccc(CNC(=O)[C@H](Cc2ccccc2)NS(=O)(=O)c2ccc3c(c2)oc(=O)n3C)cc1. The Hall–Kier alpha value is -3.89. The Balaban J connectivity index is 1.55. The van der Waals surface area contributed by atoms with Gasteiger partial charge in [-0.2, -0.15) is 4.72 Å². The summed E-state index contributed by atoms with van der Waals surface area (Å²) in [5, 5.41) is 2.84. The van der Waals surface area contributed by atoms with Crippen molar-refractivity contribution < 1.29 is 17.6 Å². The third kappa shape index (κ3) is 5.67. The van der Waals surface area contributed by atoms with E-state index in [-0.39, 0.29) is 23.4 Å². The Kier molecular flexibility index (Phi) is 7.27. The minimum atomic E-state index is -4.11. The number of nitrogens with zero attached hydrogens (tertiary/aromatic N) is 2. The minimum absolute atomic E-state index is 0.102. The fourth-order valence-electron chi connectivity index (χ4n) is 3.80. The maximum absolute atomic E-state index is 13.2. The lowest BCUT2D eigenvalue weighted by molar-refractivity contribution is -0.122. The maximum Gasteiger partial charge on any atom is 0.419 e. The second kappa shape index (κ2) is 10.4. The van der Waals surface area contributed by atoms with Crippen molar-refractivity contribution >= 4 is 32.7 Å². The van der Waals surface area contributed by atoms with Gasteiger partial charge in [-0.05, 0) is 41.8 Å². The summed E-state index contributed by atoms with van der Waals surface area (Å²) >= 11 is 0. The molecule has 1 aromatic heterocycles. The van der Waals surface area contributed by atoms with E-state index in [9.17, 15) is 18.0 Å². The van der Waals surface area contributed by atoms with Gasteiger partial charge >= 0.3 is 5.76 Å². The number of nitrogens with one attached hydrogen (secondary N) is 2. The second-order valence-electron chi connectivity index (χ2n) is 8.70. The topological polar surface area (TPSA) is 114 Å². The van der Waals surface area contributed by atoms with Crippen molar-refractivity contribution in [2.45, 2.75) is 23.9 Å². The third-order valence-electron chi connectivity index (χ3n) is 5.89. The van der Waals surface area contributed by atoms with Gasteiger partial charge in [-0.3, -0.25) is 9.36 Å². The second-order valence-corrected chi connectivity index (χ2v) is 10.4. The number of hydrogen-bond acceptors (Lipinski definition) is 6. The van der Waals surface area contributed by atoms with Crippen molar-refractivity contribution in [3.8, 4) is 0 Å². The molecule has 9 nitrogen and oxygen atoms in total. The molecule has 0 saturated carbocycles. The molecule has 0 radical (unpaired) electrons. The summed E-state index contributed by atoms with van der Waals surface area (Å²) < 4.78 is 35.4. The van der Waals surface area contributed by atoms with Gasteiger partial charge in [0.2, 0.25) is 15.9 Å². The van der Waals surface area contributed by atoms with Crippen LogP contribution < -0.4 is 20.7 Å². The third-order valence-corrected chi connectivity index (χ3v) is 7.36. The van der Waals surface area contributed by atoms with Crippen LogP contribution in [0, 0.1) is 0 Å². The van der Waals surface area contributed by atoms with Gasteiger partial charge in [0.1, 0.15) is 6.04 Å². The van der Waals surface area contributed by atoms with Crippen LogP contribution >= 0.6 is 0 Å². The van der Waals surface area contributed by atoms with E-state index in [0.29, 0.717) is 5.52 Å². The predicted octanol–water partition coefficient (Wildman–Crippen LogP) is 2.40. The first-order chi connectivity index (χ1) is 17.1. The van der Waals surface area contributed by atoms with Gasteiger partial charge in [-0.15, -0.1) is 0 Å². The van der Waals surface area contributed by atoms with Gasteiger partial charge < -0.3 is 14.6 Å². The molecule has 0 aliphatic carbocycles. The van der Waals surface area contributed by atoms with Gasteiger partial charge in [0.15, 0.2) is 5.58 Å². The zero-order chi connectivity index (χ0) is 25.9. The van der Waals surface area contributed by atoms with Crippen LogP contribution in [-0.2, 0) is 34.8 Å². The largest absolute Gasteiger partial charge is 0.419 e. The number of rotatable bonds is 9. The van der Waals surface area contributed by atoms with Gasteiger partial charge in [0.25, 0.3) is 0 Å². The van der Waals surface area contributed by atoms with Gasteiger partial charge in [-0.25, -0.2) is 13.2 Å². The number of amides is 1. The van der Waals surface area contributed by atoms with E-state index >= 15 is 0 Å². The number of benzene rings is 3. The molecule has 0 saturated heterocycles. The number of aromatic nitrogens is 1. The van der Waals surface area contributed by atoms with Crippen molar-refractivity contribution in [2.24, 2.45) is 7.05 Å². The van der Waals surface area contributed by atoms with Crippen LogP contribution in [0.2, 0.25) is 0 Å². The molecule has 0 fully saturated rings. The zero-order valence-electron chi connectivity index (χ0n) is 20.3. The van der Waals surface area contributed by atoms with Crippen LogP contribution in [0.5, 0.6) is 0 Å². The molecule has 10 heteroatoms. The van der Waals surface area contributed by atoms with Crippen molar-refractivity contribution in [3.63, 3.8) is 0 Å². The first kappa shape index (κ1) is 25.2. The van der Waals surface area contributed by atoms with Crippen molar-refractivity contribution in [1.29, 1.82) is 0 Å². The standard InChI is InChI=1S/C26H28N4O5S/c1-29(2)20-11-9-19(10-12-20)17-27-25(31)22(15-18-7-5-4-6-8-18)28-36(33,34)21-13-14-23-24(16-21)35-26(32)30(23)3/h4-14,16,22,28H,15,17H2,1-3H3,(H,27,31)/t22-/m0/s1. The highest BCUT2D eigenvalue weighted by Gasteiger charge is 2.27. The van der Waals surface area contributed by atoms with E-state index in [1.165, 1.54) is 29.8 Å². The number of fused-ring (bicyclic) bond motifs is 1. The van der Waals surface area contributed by atoms with Crippen molar-refractivity contribution in [2.75, 3.05) is 19.0 Å². The minimum Gasteiger partial charge on any atom is -0.408 e. The molecule has 1 amide bonds. The summed E-state index contributed by atoms with van der Waals surface area (Å²) in [6, 6.07) is 20.0. The van der Waals surface area contributed by atoms with Crippen LogP contribution in [0.1, 0.15) is 11.1 Å².